The molecule has 1 N–H and O–H groups in total. The maximum absolute atomic E-state index is 10.8. The molecule has 0 saturated heterocycles. The zero-order valence-corrected chi connectivity index (χ0v) is 16.4. The molecule has 3 aromatic rings. The number of benzene rings is 1. The van der Waals surface area contributed by atoms with Gasteiger partial charge in [-0.15, -0.1) is 11.3 Å². The van der Waals surface area contributed by atoms with Crippen LogP contribution in [-0.2, 0) is 0 Å². The summed E-state index contributed by atoms with van der Waals surface area (Å²) < 4.78 is 0. The van der Waals surface area contributed by atoms with Crippen molar-refractivity contribution in [2.45, 2.75) is 39.7 Å². The van der Waals surface area contributed by atoms with E-state index in [1.807, 2.05) is 19.9 Å². The molecule has 0 aliphatic carbocycles. The van der Waals surface area contributed by atoms with Crippen molar-refractivity contribution in [3.63, 3.8) is 0 Å². The lowest BCUT2D eigenvalue weighted by Crippen LogP contribution is -2.10. The molecule has 0 saturated carbocycles. The molecule has 8 heteroatoms. The second kappa shape index (κ2) is 7.79. The van der Waals surface area contributed by atoms with Gasteiger partial charge in [0, 0.05) is 40.8 Å². The molecule has 0 aliphatic rings. The second-order valence-electron chi connectivity index (χ2n) is 6.65. The summed E-state index contributed by atoms with van der Waals surface area (Å²) in [5, 5.41) is 17.4. The maximum Gasteiger partial charge on any atom is 0.269 e. The van der Waals surface area contributed by atoms with Gasteiger partial charge in [0.15, 0.2) is 5.82 Å². The van der Waals surface area contributed by atoms with Crippen molar-refractivity contribution in [3.8, 4) is 11.4 Å². The molecule has 2 aromatic heterocycles. The molecule has 0 amide bonds. The van der Waals surface area contributed by atoms with Gasteiger partial charge in [-0.05, 0) is 26.0 Å². The molecule has 7 nitrogen and oxygen atoms in total. The van der Waals surface area contributed by atoms with E-state index in [1.165, 1.54) is 12.1 Å². The van der Waals surface area contributed by atoms with Crippen molar-refractivity contribution in [1.29, 1.82) is 0 Å². The summed E-state index contributed by atoms with van der Waals surface area (Å²) in [4.78, 5) is 24.1. The normalized spacial score (nSPS) is 12.2. The maximum atomic E-state index is 10.8. The van der Waals surface area contributed by atoms with E-state index < -0.39 is 4.92 Å². The van der Waals surface area contributed by atoms with E-state index in [2.05, 4.69) is 39.5 Å². The van der Waals surface area contributed by atoms with Gasteiger partial charge in [0.25, 0.3) is 5.69 Å². The molecule has 2 heterocycles. The number of nitro groups is 1. The predicted octanol–water partition coefficient (Wildman–Crippen LogP) is 5.11. The summed E-state index contributed by atoms with van der Waals surface area (Å²) >= 11 is 1.66. The van der Waals surface area contributed by atoms with Crippen molar-refractivity contribution in [2.24, 2.45) is 0 Å². The zero-order chi connectivity index (χ0) is 19.6. The topological polar surface area (TPSA) is 93.8 Å². The number of aryl methyl sites for hydroxylation is 1. The van der Waals surface area contributed by atoms with Crippen LogP contribution >= 0.6 is 11.3 Å². The summed E-state index contributed by atoms with van der Waals surface area (Å²) in [7, 11) is 0. The van der Waals surface area contributed by atoms with Gasteiger partial charge in [0.1, 0.15) is 5.82 Å². The molecule has 0 aliphatic heterocycles. The van der Waals surface area contributed by atoms with Gasteiger partial charge in [-0.3, -0.25) is 10.1 Å². The average molecular weight is 383 g/mol. The van der Waals surface area contributed by atoms with E-state index in [0.29, 0.717) is 17.6 Å². The first kappa shape index (κ1) is 18.9. The molecule has 140 valence electrons. The summed E-state index contributed by atoms with van der Waals surface area (Å²) in [5.41, 5.74) is 2.57. The van der Waals surface area contributed by atoms with Crippen molar-refractivity contribution < 1.29 is 4.92 Å². The van der Waals surface area contributed by atoms with Crippen molar-refractivity contribution in [3.05, 3.63) is 62.2 Å². The van der Waals surface area contributed by atoms with Crippen molar-refractivity contribution in [1.82, 2.24) is 15.0 Å². The van der Waals surface area contributed by atoms with Crippen LogP contribution < -0.4 is 5.32 Å². The molecule has 0 fully saturated rings. The highest BCUT2D eigenvalue weighted by molar-refractivity contribution is 7.09. The van der Waals surface area contributed by atoms with Gasteiger partial charge in [0.05, 0.1) is 21.7 Å². The monoisotopic (exact) mass is 383 g/mol. The number of non-ortho nitro benzene ring substituents is 1. The van der Waals surface area contributed by atoms with Crippen LogP contribution in [0, 0.1) is 17.0 Å². The van der Waals surface area contributed by atoms with E-state index >= 15 is 0 Å². The molecule has 0 bridgehead atoms. The van der Waals surface area contributed by atoms with Gasteiger partial charge < -0.3 is 5.32 Å². The average Bonchev–Trinajstić information content (AvgIpc) is 3.12. The van der Waals surface area contributed by atoms with Crippen LogP contribution in [0.3, 0.4) is 0 Å². The van der Waals surface area contributed by atoms with Gasteiger partial charge in [-0.2, -0.15) is 0 Å². The minimum Gasteiger partial charge on any atom is -0.362 e. The number of hydrogen-bond acceptors (Lipinski definition) is 7. The van der Waals surface area contributed by atoms with Crippen LogP contribution in [0.5, 0.6) is 0 Å². The van der Waals surface area contributed by atoms with E-state index in [1.54, 1.807) is 23.5 Å². The predicted molar refractivity (Wildman–Crippen MR) is 107 cm³/mol. The lowest BCUT2D eigenvalue weighted by Gasteiger charge is -2.14. The number of thiazole rings is 1. The minimum atomic E-state index is -0.422. The number of nitrogens with zero attached hydrogens (tertiary/aromatic N) is 4. The summed E-state index contributed by atoms with van der Waals surface area (Å²) in [6, 6.07) is 8.12. The molecule has 0 spiro atoms. The second-order valence-corrected chi connectivity index (χ2v) is 7.54. The van der Waals surface area contributed by atoms with E-state index in [9.17, 15) is 10.1 Å². The van der Waals surface area contributed by atoms with Gasteiger partial charge in [0.2, 0.25) is 0 Å². The zero-order valence-electron chi connectivity index (χ0n) is 15.6. The third kappa shape index (κ3) is 4.46. The fourth-order valence-electron chi connectivity index (χ4n) is 2.56. The number of nitrogens with one attached hydrogen (secondary N) is 1. The molecule has 1 unspecified atom stereocenters. The van der Waals surface area contributed by atoms with Crippen LogP contribution in [0.1, 0.15) is 49.1 Å². The van der Waals surface area contributed by atoms with Crippen LogP contribution in [0.2, 0.25) is 0 Å². The quantitative estimate of drug-likeness (QED) is 0.469. The Bertz CT molecular complexity index is 953. The van der Waals surface area contributed by atoms with Gasteiger partial charge >= 0.3 is 0 Å². The fourth-order valence-corrected chi connectivity index (χ4v) is 3.49. The summed E-state index contributed by atoms with van der Waals surface area (Å²) in [5.74, 6) is 1.63. The number of anilines is 1. The summed E-state index contributed by atoms with van der Waals surface area (Å²) in [6.07, 6.45) is 0. The van der Waals surface area contributed by atoms with Gasteiger partial charge in [-0.1, -0.05) is 13.8 Å². The largest absolute Gasteiger partial charge is 0.362 e. The van der Waals surface area contributed by atoms with E-state index in [4.69, 9.17) is 0 Å². The Hall–Kier alpha value is -2.87. The fraction of sp³-hybridized carbons (Fsp3) is 0.316. The Kier molecular flexibility index (Phi) is 5.46. The third-order valence-electron chi connectivity index (χ3n) is 4.03. The highest BCUT2D eigenvalue weighted by atomic mass is 32.1. The smallest absolute Gasteiger partial charge is 0.269 e. The lowest BCUT2D eigenvalue weighted by atomic mass is 10.2. The van der Waals surface area contributed by atoms with Crippen molar-refractivity contribution in [2.75, 3.05) is 5.32 Å². The third-order valence-corrected chi connectivity index (χ3v) is 5.20. The minimum absolute atomic E-state index is 0.00719. The van der Waals surface area contributed by atoms with Crippen LogP contribution in [0.15, 0.2) is 35.7 Å². The molecular formula is C19H21N5O2S. The molecule has 1 atom stereocenters. The molecule has 1 aromatic carbocycles. The Balaban J connectivity index is 1.83. The van der Waals surface area contributed by atoms with E-state index in [0.717, 1.165) is 22.0 Å². The number of rotatable bonds is 6. The highest BCUT2D eigenvalue weighted by Crippen LogP contribution is 2.26. The first-order valence-corrected chi connectivity index (χ1v) is 9.54. The Labute approximate surface area is 161 Å². The Morgan fingerprint density at radius 2 is 1.81 bits per heavy atom. The highest BCUT2D eigenvalue weighted by Gasteiger charge is 2.14. The standard InChI is InChI=1S/C19H21N5O2S/c1-11(2)19-22-16(10-27-19)13(4)21-17-9-12(3)20-18(23-17)14-5-7-15(8-6-14)24(25)26/h5-11,13H,1-4H3,(H,20,21,23). The molecule has 27 heavy (non-hydrogen) atoms. The van der Waals surface area contributed by atoms with Gasteiger partial charge in [-0.25, -0.2) is 15.0 Å². The Morgan fingerprint density at radius 3 is 2.41 bits per heavy atom. The first-order valence-electron chi connectivity index (χ1n) is 8.66. The molecular weight excluding hydrogens is 362 g/mol. The first-order chi connectivity index (χ1) is 12.8. The number of hydrogen-bond donors (Lipinski definition) is 1. The SMILES string of the molecule is Cc1cc(NC(C)c2csc(C(C)C)n2)nc(-c2ccc([N+](=O)[O-])cc2)n1. The van der Waals surface area contributed by atoms with Crippen LogP contribution in [0.25, 0.3) is 11.4 Å². The number of nitro benzene ring substituents is 1. The summed E-state index contributed by atoms with van der Waals surface area (Å²) in [6.45, 7) is 8.20. The van der Waals surface area contributed by atoms with Crippen molar-refractivity contribution >= 4 is 22.8 Å². The lowest BCUT2D eigenvalue weighted by molar-refractivity contribution is -0.384. The number of aromatic nitrogens is 3. The van der Waals surface area contributed by atoms with E-state index in [-0.39, 0.29) is 11.7 Å². The Morgan fingerprint density at radius 1 is 1.11 bits per heavy atom. The van der Waals surface area contributed by atoms with Crippen LogP contribution in [-0.4, -0.2) is 19.9 Å². The molecule has 0 radical (unpaired) electrons. The molecule has 3 rings (SSSR count). The van der Waals surface area contributed by atoms with Crippen LogP contribution in [0.4, 0.5) is 11.5 Å².